The number of hydrogen-bond acceptors (Lipinski definition) is 5. The standard InChI is InChI=1S/C61H52N6O2/c1-68-52-40-41-54(61(66-50-34-19-7-20-35-50)67-51-36-21-8-22-37-51)56(42-52)53-38-23-39-57(69-44-59(64-48-30-15-5-16-31-48)65-49-32-17-6-18-33-49)60(53)55(45-24-9-2-10-25-45)43-58(62-46-26-11-3-12-27-46)63-47-28-13-4-14-29-47/h2-42,55H,43-44H2,1H3,(H,62,63)(H,64,65)(H,66,67). The van der Waals surface area contributed by atoms with Crippen molar-refractivity contribution >= 4 is 51.6 Å². The Morgan fingerprint density at radius 1 is 0.435 bits per heavy atom. The minimum atomic E-state index is -0.302. The molecule has 338 valence electrons. The topological polar surface area (TPSA) is 91.6 Å². The van der Waals surface area contributed by atoms with Crippen LogP contribution in [0, 0.1) is 0 Å². The number of aliphatic imine (C=N–C) groups is 3. The fraction of sp³-hybridized carbons (Fsp3) is 0.0656. The molecule has 0 fully saturated rings. The maximum atomic E-state index is 7.14. The summed E-state index contributed by atoms with van der Waals surface area (Å²) in [4.78, 5) is 15.7. The number of rotatable bonds is 16. The van der Waals surface area contributed by atoms with Crippen molar-refractivity contribution in [1.82, 2.24) is 0 Å². The molecule has 9 aromatic carbocycles. The molecule has 0 saturated heterocycles. The van der Waals surface area contributed by atoms with E-state index in [0.29, 0.717) is 29.6 Å². The zero-order valence-electron chi connectivity index (χ0n) is 38.3. The summed E-state index contributed by atoms with van der Waals surface area (Å²) in [7, 11) is 1.70. The summed E-state index contributed by atoms with van der Waals surface area (Å²) in [6.45, 7) is 0.135. The van der Waals surface area contributed by atoms with Gasteiger partial charge in [0.1, 0.15) is 35.6 Å². The van der Waals surface area contributed by atoms with Crippen LogP contribution in [-0.2, 0) is 0 Å². The monoisotopic (exact) mass is 900 g/mol. The molecular weight excluding hydrogens is 849 g/mol. The smallest absolute Gasteiger partial charge is 0.146 e. The van der Waals surface area contributed by atoms with Crippen LogP contribution >= 0.6 is 0 Å². The van der Waals surface area contributed by atoms with E-state index in [2.05, 4.69) is 82.7 Å². The second-order valence-electron chi connectivity index (χ2n) is 16.1. The average molecular weight is 901 g/mol. The van der Waals surface area contributed by atoms with Crippen molar-refractivity contribution in [3.8, 4) is 22.6 Å². The highest BCUT2D eigenvalue weighted by molar-refractivity contribution is 6.13. The van der Waals surface area contributed by atoms with E-state index in [0.717, 1.165) is 67.8 Å². The molecule has 8 nitrogen and oxygen atoms in total. The van der Waals surface area contributed by atoms with Crippen molar-refractivity contribution in [3.63, 3.8) is 0 Å². The highest BCUT2D eigenvalue weighted by Gasteiger charge is 2.28. The summed E-state index contributed by atoms with van der Waals surface area (Å²) in [5.74, 6) is 3.17. The van der Waals surface area contributed by atoms with Crippen LogP contribution < -0.4 is 25.4 Å². The zero-order chi connectivity index (χ0) is 46.9. The molecule has 1 unspecified atom stereocenters. The third-order valence-corrected chi connectivity index (χ3v) is 11.3. The fourth-order valence-electron chi connectivity index (χ4n) is 8.11. The molecule has 0 spiro atoms. The van der Waals surface area contributed by atoms with E-state index in [-0.39, 0.29) is 12.5 Å². The molecule has 0 amide bonds. The Kier molecular flexibility index (Phi) is 15.0. The minimum absolute atomic E-state index is 0.135. The molecule has 9 rings (SSSR count). The first-order valence-corrected chi connectivity index (χ1v) is 23.0. The number of ether oxygens (including phenoxy) is 2. The summed E-state index contributed by atoms with van der Waals surface area (Å²) < 4.78 is 13.2. The molecule has 1 atom stereocenters. The molecule has 0 radical (unpaired) electrons. The molecule has 0 saturated carbocycles. The Balaban J connectivity index is 1.26. The number of benzene rings is 9. The van der Waals surface area contributed by atoms with Crippen LogP contribution in [0.5, 0.6) is 11.5 Å². The zero-order valence-corrected chi connectivity index (χ0v) is 38.3. The molecule has 0 bridgehead atoms. The van der Waals surface area contributed by atoms with Crippen LogP contribution in [-0.4, -0.2) is 31.2 Å². The van der Waals surface area contributed by atoms with E-state index in [1.807, 2.05) is 182 Å². The number of anilines is 3. The maximum Gasteiger partial charge on any atom is 0.146 e. The van der Waals surface area contributed by atoms with Crippen LogP contribution in [0.2, 0.25) is 0 Å². The Labute approximate surface area is 404 Å². The number of hydrogen-bond donors (Lipinski definition) is 3. The van der Waals surface area contributed by atoms with Gasteiger partial charge in [0.15, 0.2) is 0 Å². The van der Waals surface area contributed by atoms with Crippen molar-refractivity contribution in [3.05, 3.63) is 265 Å². The van der Waals surface area contributed by atoms with Crippen LogP contribution in [0.4, 0.5) is 34.1 Å². The first-order valence-electron chi connectivity index (χ1n) is 23.0. The predicted octanol–water partition coefficient (Wildman–Crippen LogP) is 15.1. The second-order valence-corrected chi connectivity index (χ2v) is 16.1. The summed E-state index contributed by atoms with van der Waals surface area (Å²) in [6.07, 6.45) is 0.473. The number of nitrogens with zero attached hydrogens (tertiary/aromatic N) is 3. The average Bonchev–Trinajstić information content (AvgIpc) is 3.41. The molecule has 0 heterocycles. The number of amidine groups is 3. The predicted molar refractivity (Wildman–Crippen MR) is 287 cm³/mol. The molecule has 0 aliphatic carbocycles. The Hall–Kier alpha value is -9.01. The summed E-state index contributed by atoms with van der Waals surface area (Å²) in [6, 6.07) is 83.4. The lowest BCUT2D eigenvalue weighted by Gasteiger charge is -2.27. The van der Waals surface area contributed by atoms with Crippen LogP contribution in [0.3, 0.4) is 0 Å². The Bertz CT molecular complexity index is 3120. The van der Waals surface area contributed by atoms with E-state index < -0.39 is 0 Å². The SMILES string of the molecule is COc1ccc(C(=Nc2ccccc2)Nc2ccccc2)c(-c2cccc(OCC(=Nc3ccccc3)Nc3ccccc3)c2C(CC(=Nc2ccccc2)Nc2ccccc2)c2ccccc2)c1. The minimum Gasteiger partial charge on any atom is -0.497 e. The highest BCUT2D eigenvalue weighted by Crippen LogP contribution is 2.44. The van der Waals surface area contributed by atoms with Gasteiger partial charge < -0.3 is 25.4 Å². The van der Waals surface area contributed by atoms with Gasteiger partial charge in [0, 0.05) is 40.5 Å². The van der Waals surface area contributed by atoms with Gasteiger partial charge in [0.25, 0.3) is 0 Å². The van der Waals surface area contributed by atoms with Crippen LogP contribution in [0.15, 0.2) is 264 Å². The van der Waals surface area contributed by atoms with Gasteiger partial charge in [-0.15, -0.1) is 0 Å². The number of para-hydroxylation sites is 6. The third-order valence-electron chi connectivity index (χ3n) is 11.3. The lowest BCUT2D eigenvalue weighted by molar-refractivity contribution is 0.371. The van der Waals surface area contributed by atoms with E-state index in [1.165, 1.54) is 0 Å². The van der Waals surface area contributed by atoms with E-state index in [1.54, 1.807) is 7.11 Å². The Morgan fingerprint density at radius 2 is 0.899 bits per heavy atom. The van der Waals surface area contributed by atoms with Gasteiger partial charge in [0.2, 0.25) is 0 Å². The van der Waals surface area contributed by atoms with Gasteiger partial charge >= 0.3 is 0 Å². The van der Waals surface area contributed by atoms with Gasteiger partial charge in [-0.2, -0.15) is 0 Å². The van der Waals surface area contributed by atoms with Crippen molar-refractivity contribution in [2.75, 3.05) is 29.7 Å². The maximum absolute atomic E-state index is 7.14. The van der Waals surface area contributed by atoms with Gasteiger partial charge in [-0.3, -0.25) is 0 Å². The third kappa shape index (κ3) is 12.3. The molecule has 69 heavy (non-hydrogen) atoms. The quantitative estimate of drug-likeness (QED) is 0.0664. The number of methoxy groups -OCH3 is 1. The number of nitrogens with one attached hydrogen (secondary N) is 3. The largest absolute Gasteiger partial charge is 0.497 e. The lowest BCUT2D eigenvalue weighted by atomic mass is 9.81. The lowest BCUT2D eigenvalue weighted by Crippen LogP contribution is -2.22. The molecule has 0 aliphatic rings. The molecule has 3 N–H and O–H groups in total. The van der Waals surface area contributed by atoms with Gasteiger partial charge in [-0.25, -0.2) is 15.0 Å². The highest BCUT2D eigenvalue weighted by atomic mass is 16.5. The van der Waals surface area contributed by atoms with Crippen molar-refractivity contribution in [2.45, 2.75) is 12.3 Å². The van der Waals surface area contributed by atoms with Gasteiger partial charge in [0.05, 0.1) is 24.2 Å². The van der Waals surface area contributed by atoms with E-state index >= 15 is 0 Å². The normalized spacial score (nSPS) is 12.2. The van der Waals surface area contributed by atoms with Crippen molar-refractivity contribution < 1.29 is 9.47 Å². The molecule has 0 aliphatic heterocycles. The summed E-state index contributed by atoms with van der Waals surface area (Å²) in [5, 5.41) is 11.0. The molecule has 8 heteroatoms. The second kappa shape index (κ2) is 22.9. The van der Waals surface area contributed by atoms with Crippen LogP contribution in [0.25, 0.3) is 11.1 Å². The van der Waals surface area contributed by atoms with Crippen molar-refractivity contribution in [1.29, 1.82) is 0 Å². The summed E-state index contributed by atoms with van der Waals surface area (Å²) in [5.41, 5.74) is 9.91. The Morgan fingerprint density at radius 3 is 1.43 bits per heavy atom. The molecular formula is C61H52N6O2. The van der Waals surface area contributed by atoms with Gasteiger partial charge in [-0.1, -0.05) is 152 Å². The first kappa shape index (κ1) is 45.2. The fourth-order valence-corrected chi connectivity index (χ4v) is 8.11. The van der Waals surface area contributed by atoms with Gasteiger partial charge in [-0.05, 0) is 114 Å². The summed E-state index contributed by atoms with van der Waals surface area (Å²) >= 11 is 0. The van der Waals surface area contributed by atoms with E-state index in [9.17, 15) is 0 Å². The molecule has 0 aromatic heterocycles. The van der Waals surface area contributed by atoms with Crippen molar-refractivity contribution in [2.24, 2.45) is 15.0 Å². The van der Waals surface area contributed by atoms with Crippen LogP contribution in [0.1, 0.15) is 29.0 Å². The molecule has 9 aromatic rings. The van der Waals surface area contributed by atoms with E-state index in [4.69, 9.17) is 24.5 Å². The first-order chi connectivity index (χ1) is 34.1.